The zero-order valence-electron chi connectivity index (χ0n) is 37.7. The van der Waals surface area contributed by atoms with Gasteiger partial charge in [0.05, 0.1) is 38.9 Å². The van der Waals surface area contributed by atoms with Crippen LogP contribution in [0.4, 0.5) is 51.7 Å². The monoisotopic (exact) mass is 904 g/mol. The fraction of sp³-hybridized carbons (Fsp3) is 0.103. The second-order valence-electron chi connectivity index (χ2n) is 19.2. The molecule has 10 aromatic rings. The number of anilines is 6. The first-order chi connectivity index (χ1) is 31.7. The van der Waals surface area contributed by atoms with Crippen molar-refractivity contribution in [2.75, 3.05) is 9.80 Å². The summed E-state index contributed by atoms with van der Waals surface area (Å²) in [5.41, 5.74) is 4.38. The fourth-order valence-electron chi connectivity index (χ4n) is 9.29. The molecule has 2 nitrogen and oxygen atoms in total. The Morgan fingerprint density at radius 2 is 0.682 bits per heavy atom. The largest absolute Gasteiger partial charge is 0.307 e. The van der Waals surface area contributed by atoms with Crippen LogP contribution in [0.1, 0.15) is 0 Å². The Labute approximate surface area is 385 Å². The van der Waals surface area contributed by atoms with Crippen LogP contribution in [-0.2, 0) is 0 Å². The van der Waals surface area contributed by atoms with E-state index in [0.717, 1.165) is 32.3 Å². The highest BCUT2D eigenvalue weighted by atomic mass is 28.3. The minimum atomic E-state index is -1.70. The maximum absolute atomic E-state index is 16.9. The van der Waals surface area contributed by atoms with Crippen LogP contribution < -0.4 is 20.2 Å². The molecule has 0 N–H and O–H groups in total. The standard InChI is InChI=1S/C58H48F4N2Si2/c1-65(2,3)43-25-21-41(22-26-43)63(55-35-49(59)47(33-51(55)61)37-13-9-7-10-14-37)53-31-19-39-18-30-46-54(32-20-40-17-29-45(53)57(39)58(40)46)64(42-23-27-44(28-24-42)66(4,5)6)56-36-50(60)48(34-52(56)62)38-15-11-8-12-16-38/h7-36H,1-6H3. The number of hydrogen-bond donors (Lipinski definition) is 0. The van der Waals surface area contributed by atoms with Crippen molar-refractivity contribution >= 4 is 93.0 Å². The van der Waals surface area contributed by atoms with Crippen LogP contribution in [0.3, 0.4) is 0 Å². The third-order valence-electron chi connectivity index (χ3n) is 12.8. The van der Waals surface area contributed by atoms with Gasteiger partial charge in [-0.05, 0) is 81.2 Å². The van der Waals surface area contributed by atoms with Gasteiger partial charge in [0.1, 0.15) is 23.3 Å². The molecular formula is C58H48F4N2Si2. The Kier molecular flexibility index (Phi) is 10.7. The zero-order valence-corrected chi connectivity index (χ0v) is 39.7. The Morgan fingerprint density at radius 1 is 0.333 bits per heavy atom. The summed E-state index contributed by atoms with van der Waals surface area (Å²) in [4.78, 5) is 3.62. The van der Waals surface area contributed by atoms with Gasteiger partial charge < -0.3 is 9.80 Å². The summed E-state index contributed by atoms with van der Waals surface area (Å²) in [6, 6.07) is 55.7. The number of rotatable bonds is 10. The molecule has 0 fully saturated rings. The molecule has 0 spiro atoms. The first kappa shape index (κ1) is 42.9. The second-order valence-corrected chi connectivity index (χ2v) is 29.3. The molecule has 0 bridgehead atoms. The fourth-order valence-corrected chi connectivity index (χ4v) is 11.6. The van der Waals surface area contributed by atoms with Crippen molar-refractivity contribution in [3.05, 3.63) is 205 Å². The Hall–Kier alpha value is -7.01. The Morgan fingerprint density at radius 3 is 1.03 bits per heavy atom. The lowest BCUT2D eigenvalue weighted by Gasteiger charge is -2.30. The highest BCUT2D eigenvalue weighted by Gasteiger charge is 2.27. The van der Waals surface area contributed by atoms with E-state index < -0.39 is 39.4 Å². The van der Waals surface area contributed by atoms with E-state index in [0.29, 0.717) is 33.9 Å². The van der Waals surface area contributed by atoms with Crippen molar-refractivity contribution in [1.29, 1.82) is 0 Å². The van der Waals surface area contributed by atoms with E-state index in [-0.39, 0.29) is 22.5 Å². The highest BCUT2D eigenvalue weighted by molar-refractivity contribution is 6.89. The maximum atomic E-state index is 16.9. The molecule has 0 amide bonds. The third kappa shape index (κ3) is 7.63. The second kappa shape index (κ2) is 16.5. The molecule has 326 valence electrons. The molecule has 8 heteroatoms. The molecule has 10 rings (SSSR count). The SMILES string of the molecule is C[Si](C)(C)c1ccc(N(c2cc(F)c(-c3ccccc3)cc2F)c2ccc3ccc4c(N(c5ccc([Si](C)(C)C)cc5)c5cc(F)c(-c6ccccc6)cc5F)ccc5ccc2c3c54)cc1. The van der Waals surface area contributed by atoms with E-state index in [2.05, 4.69) is 63.5 Å². The molecule has 0 aliphatic rings. The van der Waals surface area contributed by atoms with Crippen molar-refractivity contribution < 1.29 is 17.6 Å². The van der Waals surface area contributed by atoms with Gasteiger partial charge in [0, 0.05) is 45.4 Å². The molecule has 0 atom stereocenters. The van der Waals surface area contributed by atoms with Crippen molar-refractivity contribution in [2.24, 2.45) is 0 Å². The molecule has 0 heterocycles. The lowest BCUT2D eigenvalue weighted by molar-refractivity contribution is 0.604. The summed E-state index contributed by atoms with van der Waals surface area (Å²) in [5.74, 6) is -2.22. The Balaban J connectivity index is 1.20. The van der Waals surface area contributed by atoms with Gasteiger partial charge in [-0.2, -0.15) is 0 Å². The van der Waals surface area contributed by atoms with E-state index in [1.165, 1.54) is 34.6 Å². The third-order valence-corrected chi connectivity index (χ3v) is 16.9. The van der Waals surface area contributed by atoms with E-state index in [9.17, 15) is 0 Å². The van der Waals surface area contributed by atoms with Gasteiger partial charge in [-0.15, -0.1) is 0 Å². The molecule has 0 aliphatic carbocycles. The molecule has 0 aliphatic heterocycles. The van der Waals surface area contributed by atoms with Crippen molar-refractivity contribution in [1.82, 2.24) is 0 Å². The van der Waals surface area contributed by atoms with E-state index in [1.807, 2.05) is 119 Å². The van der Waals surface area contributed by atoms with Crippen molar-refractivity contribution in [3.8, 4) is 22.3 Å². The van der Waals surface area contributed by atoms with Gasteiger partial charge in [0.2, 0.25) is 0 Å². The lowest BCUT2D eigenvalue weighted by atomic mass is 9.91. The summed E-state index contributed by atoms with van der Waals surface area (Å²) in [6.45, 7) is 13.7. The summed E-state index contributed by atoms with van der Waals surface area (Å²) >= 11 is 0. The summed E-state index contributed by atoms with van der Waals surface area (Å²) < 4.78 is 66.5. The highest BCUT2D eigenvalue weighted by Crippen LogP contribution is 2.49. The van der Waals surface area contributed by atoms with Gasteiger partial charge in [0.25, 0.3) is 0 Å². The molecule has 0 aromatic heterocycles. The maximum Gasteiger partial charge on any atom is 0.148 e. The number of halogens is 4. The minimum Gasteiger partial charge on any atom is -0.307 e. The summed E-state index contributed by atoms with van der Waals surface area (Å²) in [6.07, 6.45) is 0. The van der Waals surface area contributed by atoms with E-state index in [1.54, 1.807) is 24.3 Å². The molecule has 0 radical (unpaired) electrons. The van der Waals surface area contributed by atoms with Crippen LogP contribution in [0.5, 0.6) is 0 Å². The van der Waals surface area contributed by atoms with Gasteiger partial charge in [0.15, 0.2) is 0 Å². The first-order valence-corrected chi connectivity index (χ1v) is 29.3. The van der Waals surface area contributed by atoms with Crippen LogP contribution in [-0.4, -0.2) is 16.1 Å². The van der Waals surface area contributed by atoms with E-state index >= 15 is 17.6 Å². The normalized spacial score (nSPS) is 12.1. The van der Waals surface area contributed by atoms with Crippen molar-refractivity contribution in [2.45, 2.75) is 39.3 Å². The molecule has 0 saturated heterocycles. The van der Waals surface area contributed by atoms with E-state index in [4.69, 9.17) is 0 Å². The quantitative estimate of drug-likeness (QED) is 0.0766. The first-order valence-electron chi connectivity index (χ1n) is 22.3. The van der Waals surface area contributed by atoms with Gasteiger partial charge in [-0.1, -0.05) is 171 Å². The zero-order chi connectivity index (χ0) is 46.1. The molecule has 66 heavy (non-hydrogen) atoms. The average Bonchev–Trinajstić information content (AvgIpc) is 3.31. The van der Waals surface area contributed by atoms with Crippen LogP contribution >= 0.6 is 0 Å². The molecule has 0 unspecified atom stereocenters. The van der Waals surface area contributed by atoms with Crippen LogP contribution in [0.25, 0.3) is 54.6 Å². The van der Waals surface area contributed by atoms with Crippen molar-refractivity contribution in [3.63, 3.8) is 0 Å². The molecule has 10 aromatic carbocycles. The molecular weight excluding hydrogens is 857 g/mol. The smallest absolute Gasteiger partial charge is 0.148 e. The number of nitrogens with zero attached hydrogens (tertiary/aromatic N) is 2. The predicted molar refractivity (Wildman–Crippen MR) is 276 cm³/mol. The van der Waals surface area contributed by atoms with Gasteiger partial charge >= 0.3 is 0 Å². The van der Waals surface area contributed by atoms with Crippen LogP contribution in [0, 0.1) is 23.3 Å². The Bertz CT molecular complexity index is 3190. The van der Waals surface area contributed by atoms with Gasteiger partial charge in [-0.25, -0.2) is 17.6 Å². The van der Waals surface area contributed by atoms with Gasteiger partial charge in [-0.3, -0.25) is 0 Å². The summed E-state index contributed by atoms with van der Waals surface area (Å²) in [5, 5.41) is 7.83. The molecule has 0 saturated carbocycles. The average molecular weight is 905 g/mol. The van der Waals surface area contributed by atoms with Crippen LogP contribution in [0.2, 0.25) is 39.3 Å². The number of hydrogen-bond acceptors (Lipinski definition) is 2. The van der Waals surface area contributed by atoms with Crippen LogP contribution in [0.15, 0.2) is 182 Å². The predicted octanol–water partition coefficient (Wildman–Crippen LogP) is 16.5. The summed E-state index contributed by atoms with van der Waals surface area (Å²) in [7, 11) is -3.40. The minimum absolute atomic E-state index is 0.0769. The lowest BCUT2D eigenvalue weighted by Crippen LogP contribution is -2.37. The topological polar surface area (TPSA) is 6.48 Å². The number of benzene rings is 10.